The monoisotopic (exact) mass is 598 g/mol. The van der Waals surface area contributed by atoms with Crippen LogP contribution < -0.4 is 0 Å². The molecular weight excluding hydrogens is 536 g/mol. The molecule has 0 aliphatic carbocycles. The fourth-order valence-corrected chi connectivity index (χ4v) is 3.57. The minimum absolute atomic E-state index is 0.0300. The predicted octanol–water partition coefficient (Wildman–Crippen LogP) is 3.98. The van der Waals surface area contributed by atoms with E-state index in [2.05, 4.69) is 6.92 Å². The second-order valence-electron chi connectivity index (χ2n) is 9.45. The lowest BCUT2D eigenvalue weighted by Gasteiger charge is -2.08. The summed E-state index contributed by atoms with van der Waals surface area (Å²) in [5.74, 6) is 0. The van der Waals surface area contributed by atoms with Crippen LogP contribution in [0.4, 0.5) is 0 Å². The van der Waals surface area contributed by atoms with E-state index in [9.17, 15) is 0 Å². The Morgan fingerprint density at radius 2 is 0.561 bits per heavy atom. The predicted molar refractivity (Wildman–Crippen MR) is 157 cm³/mol. The summed E-state index contributed by atoms with van der Waals surface area (Å²) in [6.07, 6.45) is 13.1. The van der Waals surface area contributed by atoms with Gasteiger partial charge in [0.15, 0.2) is 0 Å². The largest absolute Gasteiger partial charge is 0.394 e. The van der Waals surface area contributed by atoms with Crippen LogP contribution in [0.1, 0.15) is 71.1 Å². The van der Waals surface area contributed by atoms with Crippen LogP contribution in [0.3, 0.4) is 0 Å². The molecule has 11 nitrogen and oxygen atoms in total. The summed E-state index contributed by atoms with van der Waals surface area (Å²) >= 11 is 0. The molecule has 0 atom stereocenters. The van der Waals surface area contributed by atoms with Gasteiger partial charge < -0.3 is 43.0 Å². The van der Waals surface area contributed by atoms with Gasteiger partial charge in [0.05, 0.1) is 119 Å². The Kier molecular flexibility index (Phi) is 39.1. The van der Waals surface area contributed by atoms with Gasteiger partial charge in [0.2, 0.25) is 0 Å². The van der Waals surface area contributed by atoms with E-state index in [4.69, 9.17) is 52.8 Å². The number of hydrogen-bond acceptors (Lipinski definition) is 11. The van der Waals surface area contributed by atoms with Crippen molar-refractivity contribution in [2.75, 3.05) is 126 Å². The van der Waals surface area contributed by atoms with Crippen molar-refractivity contribution in [3.63, 3.8) is 0 Å². The van der Waals surface area contributed by atoms with E-state index in [0.717, 1.165) is 6.42 Å². The van der Waals surface area contributed by atoms with E-state index >= 15 is 0 Å². The summed E-state index contributed by atoms with van der Waals surface area (Å²) in [5.41, 5.74) is 0. The molecule has 0 fully saturated rings. The quantitative estimate of drug-likeness (QED) is 0.0633. The zero-order chi connectivity index (χ0) is 29.6. The SMILES string of the molecule is CCCCCCCCCCCCOOCCOCCOCCOCCOCCOCCOCCOCCOCCO. The Bertz CT molecular complexity index is 409. The molecule has 0 heterocycles. The van der Waals surface area contributed by atoms with Crippen LogP contribution >= 0.6 is 0 Å². The summed E-state index contributed by atoms with van der Waals surface area (Å²) in [6.45, 7) is 11.4. The normalized spacial score (nSPS) is 11.6. The topological polar surface area (TPSA) is 113 Å². The van der Waals surface area contributed by atoms with E-state index in [1.165, 1.54) is 57.8 Å². The van der Waals surface area contributed by atoms with Gasteiger partial charge in [-0.05, 0) is 6.42 Å². The van der Waals surface area contributed by atoms with Gasteiger partial charge in [0, 0.05) is 0 Å². The van der Waals surface area contributed by atoms with Gasteiger partial charge >= 0.3 is 0 Å². The Balaban J connectivity index is 3.02. The van der Waals surface area contributed by atoms with Crippen molar-refractivity contribution in [1.82, 2.24) is 0 Å². The average molecular weight is 599 g/mol. The zero-order valence-corrected chi connectivity index (χ0v) is 26.0. The van der Waals surface area contributed by atoms with Gasteiger partial charge in [0.25, 0.3) is 0 Å². The molecule has 1 N–H and O–H groups in total. The minimum atomic E-state index is 0.0300. The van der Waals surface area contributed by atoms with Gasteiger partial charge in [-0.25, -0.2) is 9.78 Å². The van der Waals surface area contributed by atoms with Crippen LogP contribution in [0.15, 0.2) is 0 Å². The molecule has 0 amide bonds. The maximum atomic E-state index is 8.57. The van der Waals surface area contributed by atoms with Crippen LogP contribution in [0, 0.1) is 0 Å². The third-order valence-electron chi connectivity index (χ3n) is 5.82. The number of rotatable bonds is 38. The van der Waals surface area contributed by atoms with Crippen molar-refractivity contribution < 1.29 is 52.8 Å². The van der Waals surface area contributed by atoms with Crippen LogP contribution in [-0.2, 0) is 47.7 Å². The maximum Gasteiger partial charge on any atom is 0.106 e. The van der Waals surface area contributed by atoms with Crippen molar-refractivity contribution in [3.05, 3.63) is 0 Å². The third kappa shape index (κ3) is 39.6. The van der Waals surface area contributed by atoms with E-state index in [-0.39, 0.29) is 6.61 Å². The van der Waals surface area contributed by atoms with Crippen LogP contribution in [0.2, 0.25) is 0 Å². The molecule has 0 aliphatic heterocycles. The first-order valence-corrected chi connectivity index (χ1v) is 15.9. The molecule has 0 radical (unpaired) electrons. The highest BCUT2D eigenvalue weighted by atomic mass is 17.2. The van der Waals surface area contributed by atoms with Crippen LogP contribution in [-0.4, -0.2) is 131 Å². The average Bonchev–Trinajstić information content (AvgIpc) is 2.98. The molecule has 0 aliphatic rings. The fraction of sp³-hybridized carbons (Fsp3) is 1.00. The summed E-state index contributed by atoms with van der Waals surface area (Å²) in [4.78, 5) is 10.3. The Labute approximate surface area is 249 Å². The van der Waals surface area contributed by atoms with Gasteiger partial charge in [-0.15, -0.1) is 0 Å². The zero-order valence-electron chi connectivity index (χ0n) is 26.0. The van der Waals surface area contributed by atoms with Crippen molar-refractivity contribution in [3.8, 4) is 0 Å². The third-order valence-corrected chi connectivity index (χ3v) is 5.82. The molecular formula is C30H62O11. The first kappa shape index (κ1) is 40.6. The second kappa shape index (κ2) is 39.6. The van der Waals surface area contributed by atoms with Crippen LogP contribution in [0.25, 0.3) is 0 Å². The van der Waals surface area contributed by atoms with Crippen molar-refractivity contribution in [2.24, 2.45) is 0 Å². The molecule has 0 aromatic heterocycles. The van der Waals surface area contributed by atoms with Crippen molar-refractivity contribution >= 4 is 0 Å². The molecule has 41 heavy (non-hydrogen) atoms. The summed E-state index contributed by atoms with van der Waals surface area (Å²) < 4.78 is 43.1. The highest BCUT2D eigenvalue weighted by Gasteiger charge is 1.97. The lowest BCUT2D eigenvalue weighted by Crippen LogP contribution is -2.15. The molecule has 0 saturated carbocycles. The van der Waals surface area contributed by atoms with E-state index in [1.807, 2.05) is 0 Å². The number of hydrogen-bond donors (Lipinski definition) is 1. The van der Waals surface area contributed by atoms with Gasteiger partial charge in [-0.1, -0.05) is 64.7 Å². The first-order valence-electron chi connectivity index (χ1n) is 15.9. The first-order chi connectivity index (χ1) is 20.4. The maximum absolute atomic E-state index is 8.57. The smallest absolute Gasteiger partial charge is 0.106 e. The van der Waals surface area contributed by atoms with Gasteiger partial charge in [-0.2, -0.15) is 0 Å². The molecule has 11 heteroatoms. The number of aliphatic hydroxyl groups is 1. The van der Waals surface area contributed by atoms with Crippen LogP contribution in [0.5, 0.6) is 0 Å². The fourth-order valence-electron chi connectivity index (χ4n) is 3.57. The molecule has 0 unspecified atom stereocenters. The highest BCUT2D eigenvalue weighted by Crippen LogP contribution is 2.10. The van der Waals surface area contributed by atoms with Gasteiger partial charge in [-0.3, -0.25) is 0 Å². The molecule has 0 spiro atoms. The van der Waals surface area contributed by atoms with E-state index in [1.54, 1.807) is 0 Å². The van der Waals surface area contributed by atoms with Crippen molar-refractivity contribution in [1.29, 1.82) is 0 Å². The Morgan fingerprint density at radius 3 is 0.902 bits per heavy atom. The Hall–Kier alpha value is -0.440. The molecule has 0 aromatic carbocycles. The summed E-state index contributed by atoms with van der Waals surface area (Å²) in [7, 11) is 0. The highest BCUT2D eigenvalue weighted by molar-refractivity contribution is 4.47. The lowest BCUT2D eigenvalue weighted by atomic mass is 10.1. The standard InChI is InChI=1S/C30H62O11/c1-2-3-4-5-6-7-8-9-10-11-13-40-41-30-29-39-28-27-38-26-25-37-24-23-36-22-21-35-20-19-34-18-17-33-16-15-32-14-12-31/h31H,2-30H2,1H3. The Morgan fingerprint density at radius 1 is 0.293 bits per heavy atom. The molecule has 248 valence electrons. The second-order valence-corrected chi connectivity index (χ2v) is 9.45. The molecule has 0 aromatic rings. The number of ether oxygens (including phenoxy) is 8. The minimum Gasteiger partial charge on any atom is -0.394 e. The molecule has 0 saturated heterocycles. The summed E-state index contributed by atoms with van der Waals surface area (Å²) in [6, 6.07) is 0. The van der Waals surface area contributed by atoms with E-state index in [0.29, 0.717) is 119 Å². The van der Waals surface area contributed by atoms with Gasteiger partial charge in [0.1, 0.15) is 6.61 Å². The number of unbranched alkanes of at least 4 members (excludes halogenated alkanes) is 9. The summed E-state index contributed by atoms with van der Waals surface area (Å²) in [5, 5.41) is 8.57. The number of aliphatic hydroxyl groups excluding tert-OH is 1. The molecule has 0 rings (SSSR count). The van der Waals surface area contributed by atoms with E-state index < -0.39 is 0 Å². The van der Waals surface area contributed by atoms with Crippen molar-refractivity contribution in [2.45, 2.75) is 71.1 Å². The lowest BCUT2D eigenvalue weighted by molar-refractivity contribution is -0.299. The molecule has 0 bridgehead atoms.